The minimum Gasteiger partial charge on any atom is -0.506 e. The number of para-hydroxylation sites is 1. The van der Waals surface area contributed by atoms with E-state index in [4.69, 9.17) is 14.2 Å². The summed E-state index contributed by atoms with van der Waals surface area (Å²) in [5.74, 6) is -0.463. The fraction of sp³-hybridized carbons (Fsp3) is 0.143. The van der Waals surface area contributed by atoms with Crippen LogP contribution >= 0.6 is 11.8 Å². The number of fused-ring (bicyclic) bond motifs is 1. The molecule has 0 unspecified atom stereocenters. The van der Waals surface area contributed by atoms with E-state index in [0.29, 0.717) is 11.4 Å². The molecular formula is C21H16N2O7S. The SMILES string of the molecule is CCOC(=O)C1=C(O)C(=Cc2cc3c(cc2[N+](=O)[O-])OCO3)SC1=Nc1ccccc1. The summed E-state index contributed by atoms with van der Waals surface area (Å²) in [6.07, 6.45) is 1.41. The highest BCUT2D eigenvalue weighted by Gasteiger charge is 2.34. The van der Waals surface area contributed by atoms with Crippen molar-refractivity contribution in [2.24, 2.45) is 4.99 Å². The number of aliphatic hydroxyl groups is 1. The average molecular weight is 440 g/mol. The zero-order valence-corrected chi connectivity index (χ0v) is 17.0. The van der Waals surface area contributed by atoms with Crippen molar-refractivity contribution in [2.75, 3.05) is 13.4 Å². The van der Waals surface area contributed by atoms with Crippen molar-refractivity contribution in [3.8, 4) is 11.5 Å². The van der Waals surface area contributed by atoms with E-state index in [0.717, 1.165) is 11.8 Å². The van der Waals surface area contributed by atoms with E-state index < -0.39 is 10.9 Å². The third-order valence-corrected chi connectivity index (χ3v) is 5.38. The molecule has 9 nitrogen and oxygen atoms in total. The molecule has 2 aromatic rings. The zero-order chi connectivity index (χ0) is 22.0. The van der Waals surface area contributed by atoms with Crippen molar-refractivity contribution in [3.63, 3.8) is 0 Å². The van der Waals surface area contributed by atoms with Crippen LogP contribution in [0.15, 0.2) is 63.7 Å². The number of aliphatic hydroxyl groups excluding tert-OH is 1. The van der Waals surface area contributed by atoms with E-state index in [-0.39, 0.29) is 51.7 Å². The van der Waals surface area contributed by atoms with Crippen LogP contribution in [0.2, 0.25) is 0 Å². The van der Waals surface area contributed by atoms with E-state index in [1.54, 1.807) is 31.2 Å². The number of thioether (sulfide) groups is 1. The van der Waals surface area contributed by atoms with Gasteiger partial charge in [-0.2, -0.15) is 0 Å². The third-order valence-electron chi connectivity index (χ3n) is 4.36. The van der Waals surface area contributed by atoms with Crippen molar-refractivity contribution >= 4 is 40.2 Å². The highest BCUT2D eigenvalue weighted by Crippen LogP contribution is 2.43. The maximum Gasteiger partial charge on any atom is 0.344 e. The number of nitro benzene ring substituents is 1. The highest BCUT2D eigenvalue weighted by atomic mass is 32.2. The molecule has 0 saturated carbocycles. The molecule has 0 amide bonds. The first-order valence-corrected chi connectivity index (χ1v) is 10.0. The Kier molecular flexibility index (Phi) is 5.63. The van der Waals surface area contributed by atoms with E-state index in [1.807, 2.05) is 6.07 Å². The van der Waals surface area contributed by atoms with Gasteiger partial charge in [-0.05, 0) is 31.2 Å². The number of nitrogens with zero attached hydrogens (tertiary/aromatic N) is 2. The van der Waals surface area contributed by atoms with Gasteiger partial charge in [0.15, 0.2) is 11.5 Å². The van der Waals surface area contributed by atoms with Crippen LogP contribution in [-0.2, 0) is 9.53 Å². The molecule has 0 aromatic heterocycles. The Morgan fingerprint density at radius 2 is 2.00 bits per heavy atom. The number of carbonyl (C=O) groups excluding carboxylic acids is 1. The van der Waals surface area contributed by atoms with E-state index in [2.05, 4.69) is 4.99 Å². The molecule has 2 aliphatic rings. The summed E-state index contributed by atoms with van der Waals surface area (Å²) >= 11 is 1.02. The molecule has 0 bridgehead atoms. The second-order valence-corrected chi connectivity index (χ2v) is 7.36. The molecule has 4 rings (SSSR count). The normalized spacial score (nSPS) is 17.5. The second-order valence-electron chi connectivity index (χ2n) is 6.33. The number of ether oxygens (including phenoxy) is 3. The summed E-state index contributed by atoms with van der Waals surface area (Å²) in [4.78, 5) is 28.1. The fourth-order valence-electron chi connectivity index (χ4n) is 2.97. The maximum absolute atomic E-state index is 12.5. The quantitative estimate of drug-likeness (QED) is 0.409. The molecule has 0 spiro atoms. The molecule has 0 fully saturated rings. The van der Waals surface area contributed by atoms with Crippen LogP contribution in [-0.4, -0.2) is 34.4 Å². The van der Waals surface area contributed by atoms with Gasteiger partial charge < -0.3 is 19.3 Å². The number of carbonyl (C=O) groups is 1. The van der Waals surface area contributed by atoms with Crippen molar-refractivity contribution in [2.45, 2.75) is 6.92 Å². The molecule has 1 N–H and O–H groups in total. The van der Waals surface area contributed by atoms with Gasteiger partial charge in [0.1, 0.15) is 16.4 Å². The first kappa shape index (κ1) is 20.5. The van der Waals surface area contributed by atoms with Gasteiger partial charge in [0, 0.05) is 0 Å². The van der Waals surface area contributed by atoms with Crippen molar-refractivity contribution in [3.05, 3.63) is 74.4 Å². The minimum atomic E-state index is -0.731. The van der Waals surface area contributed by atoms with Gasteiger partial charge in [0.2, 0.25) is 6.79 Å². The van der Waals surface area contributed by atoms with E-state index in [9.17, 15) is 20.0 Å². The Morgan fingerprint density at radius 3 is 2.68 bits per heavy atom. The monoisotopic (exact) mass is 440 g/mol. The molecule has 0 radical (unpaired) electrons. The first-order chi connectivity index (χ1) is 15.0. The number of nitro groups is 1. The standard InChI is InChI=1S/C21H16N2O7S/c1-2-28-21(25)18-19(24)17(31-20(18)22-13-6-4-3-5-7-13)9-12-8-15-16(30-11-29-15)10-14(12)23(26)27/h3-10,24H,2,11H2,1H3. The predicted octanol–water partition coefficient (Wildman–Crippen LogP) is 4.52. The fourth-order valence-corrected chi connectivity index (χ4v) is 4.00. The van der Waals surface area contributed by atoms with E-state index in [1.165, 1.54) is 18.2 Å². The van der Waals surface area contributed by atoms with Crippen LogP contribution in [0.5, 0.6) is 11.5 Å². The molecule has 0 aliphatic carbocycles. The lowest BCUT2D eigenvalue weighted by atomic mass is 10.1. The van der Waals surface area contributed by atoms with E-state index >= 15 is 0 Å². The number of benzene rings is 2. The number of hydrogen-bond donors (Lipinski definition) is 1. The molecule has 31 heavy (non-hydrogen) atoms. The van der Waals surface area contributed by atoms with Gasteiger partial charge >= 0.3 is 5.97 Å². The second kappa shape index (κ2) is 8.52. The Hall–Kier alpha value is -3.79. The Labute approximate surface area is 180 Å². The molecule has 2 heterocycles. The first-order valence-electron chi connectivity index (χ1n) is 9.20. The molecule has 0 saturated heterocycles. The van der Waals surface area contributed by atoms with Crippen LogP contribution in [0, 0.1) is 10.1 Å². The van der Waals surface area contributed by atoms with Crippen LogP contribution in [0.3, 0.4) is 0 Å². The lowest BCUT2D eigenvalue weighted by molar-refractivity contribution is -0.385. The minimum absolute atomic E-state index is 0.0344. The molecule has 158 valence electrons. The zero-order valence-electron chi connectivity index (χ0n) is 16.2. The molecule has 0 atom stereocenters. The summed E-state index contributed by atoms with van der Waals surface area (Å²) in [7, 11) is 0. The summed E-state index contributed by atoms with van der Waals surface area (Å²) in [6, 6.07) is 11.6. The molecule has 2 aliphatic heterocycles. The van der Waals surface area contributed by atoms with Gasteiger partial charge in [-0.25, -0.2) is 9.79 Å². The summed E-state index contributed by atoms with van der Waals surface area (Å²) in [5.41, 5.74) is 0.448. The van der Waals surface area contributed by atoms with Crippen molar-refractivity contribution < 1.29 is 29.0 Å². The van der Waals surface area contributed by atoms with Gasteiger partial charge in [-0.3, -0.25) is 10.1 Å². The Morgan fingerprint density at radius 1 is 1.29 bits per heavy atom. The number of hydrogen-bond acceptors (Lipinski definition) is 9. The van der Waals surface area contributed by atoms with Crippen LogP contribution in [0.1, 0.15) is 12.5 Å². The van der Waals surface area contributed by atoms with Gasteiger partial charge in [0.25, 0.3) is 5.69 Å². The van der Waals surface area contributed by atoms with Crippen LogP contribution in [0.25, 0.3) is 6.08 Å². The topological polar surface area (TPSA) is 120 Å². The largest absolute Gasteiger partial charge is 0.506 e. The number of rotatable bonds is 5. The van der Waals surface area contributed by atoms with Gasteiger partial charge in [-0.15, -0.1) is 0 Å². The van der Waals surface area contributed by atoms with Crippen molar-refractivity contribution in [1.82, 2.24) is 0 Å². The summed E-state index contributed by atoms with van der Waals surface area (Å²) in [5, 5.41) is 22.5. The lowest BCUT2D eigenvalue weighted by Crippen LogP contribution is -2.12. The van der Waals surface area contributed by atoms with Gasteiger partial charge in [-0.1, -0.05) is 30.0 Å². The Bertz CT molecular complexity index is 1160. The average Bonchev–Trinajstić information content (AvgIpc) is 3.32. The molecule has 2 aromatic carbocycles. The molecule has 10 heteroatoms. The summed E-state index contributed by atoms with van der Waals surface area (Å²) < 4.78 is 15.6. The number of aliphatic imine (C=N–C) groups is 1. The maximum atomic E-state index is 12.5. The smallest absolute Gasteiger partial charge is 0.344 e. The third kappa shape index (κ3) is 4.10. The van der Waals surface area contributed by atoms with Crippen LogP contribution in [0.4, 0.5) is 11.4 Å². The lowest BCUT2D eigenvalue weighted by Gasteiger charge is -2.03. The Balaban J connectivity index is 1.81. The van der Waals surface area contributed by atoms with Crippen LogP contribution < -0.4 is 9.47 Å². The number of esters is 1. The molecular weight excluding hydrogens is 424 g/mol. The predicted molar refractivity (Wildman–Crippen MR) is 115 cm³/mol. The summed E-state index contributed by atoms with van der Waals surface area (Å²) in [6.45, 7) is 1.73. The van der Waals surface area contributed by atoms with Gasteiger partial charge in [0.05, 0.1) is 33.8 Å². The highest BCUT2D eigenvalue weighted by molar-refractivity contribution is 8.18. The van der Waals surface area contributed by atoms with Crippen molar-refractivity contribution in [1.29, 1.82) is 0 Å².